The van der Waals surface area contributed by atoms with E-state index < -0.39 is 0 Å². The number of hydrogen-bond acceptors (Lipinski definition) is 6. The molecule has 1 aliphatic carbocycles. The van der Waals surface area contributed by atoms with E-state index >= 15 is 0 Å². The fourth-order valence-corrected chi connectivity index (χ4v) is 5.97. The number of hydrogen-bond donors (Lipinski definition) is 0. The highest BCUT2D eigenvalue weighted by Gasteiger charge is 2.32. The highest BCUT2D eigenvalue weighted by atomic mass is 32.2. The lowest BCUT2D eigenvalue weighted by atomic mass is 10.1. The molecule has 2 aromatic heterocycles. The number of furan rings is 1. The van der Waals surface area contributed by atoms with Crippen LogP contribution in [0.1, 0.15) is 44.7 Å². The van der Waals surface area contributed by atoms with Gasteiger partial charge in [0.15, 0.2) is 10.1 Å². The second-order valence-corrected chi connectivity index (χ2v) is 9.86. The molecular formula is C23H21N3O2S2. The summed E-state index contributed by atoms with van der Waals surface area (Å²) < 4.78 is 6.98. The molecule has 1 aliphatic rings. The molecule has 2 aromatic carbocycles. The van der Waals surface area contributed by atoms with Crippen molar-refractivity contribution in [2.75, 3.05) is 7.05 Å². The van der Waals surface area contributed by atoms with Gasteiger partial charge in [0.05, 0.1) is 6.04 Å². The Morgan fingerprint density at radius 2 is 2.00 bits per heavy atom. The maximum absolute atomic E-state index is 13.5. The van der Waals surface area contributed by atoms with Gasteiger partial charge < -0.3 is 9.32 Å². The van der Waals surface area contributed by atoms with Crippen molar-refractivity contribution < 1.29 is 9.21 Å². The zero-order valence-corrected chi connectivity index (χ0v) is 18.4. The van der Waals surface area contributed by atoms with Crippen molar-refractivity contribution in [1.29, 1.82) is 0 Å². The Bertz CT molecular complexity index is 1230. The van der Waals surface area contributed by atoms with Crippen LogP contribution >= 0.6 is 23.1 Å². The fourth-order valence-electron chi connectivity index (χ4n) is 4.12. The van der Waals surface area contributed by atoms with Gasteiger partial charge in [-0.15, -0.1) is 10.2 Å². The minimum atomic E-state index is -0.0723. The number of benzene rings is 2. The minimum absolute atomic E-state index is 0.0723. The summed E-state index contributed by atoms with van der Waals surface area (Å²) in [6.07, 6.45) is 1.94. The number of aromatic nitrogens is 2. The first-order chi connectivity index (χ1) is 14.6. The largest absolute Gasteiger partial charge is 0.451 e. The molecule has 0 N–H and O–H groups in total. The lowest BCUT2D eigenvalue weighted by Crippen LogP contribution is -2.30. The van der Waals surface area contributed by atoms with Crippen LogP contribution in [0, 0.1) is 6.92 Å². The van der Waals surface area contributed by atoms with Gasteiger partial charge in [-0.2, -0.15) is 0 Å². The van der Waals surface area contributed by atoms with Crippen LogP contribution in [-0.4, -0.2) is 28.1 Å². The molecule has 4 aromatic rings. The van der Waals surface area contributed by atoms with Crippen molar-refractivity contribution >= 4 is 40.0 Å². The molecule has 0 spiro atoms. The number of para-hydroxylation sites is 1. The topological polar surface area (TPSA) is 59.2 Å². The molecule has 5 nitrogen and oxygen atoms in total. The molecule has 30 heavy (non-hydrogen) atoms. The summed E-state index contributed by atoms with van der Waals surface area (Å²) in [6, 6.07) is 16.3. The number of nitrogens with zero attached hydrogens (tertiary/aromatic N) is 3. The number of carbonyl (C=O) groups is 1. The second kappa shape index (κ2) is 7.89. The third kappa shape index (κ3) is 3.42. The van der Waals surface area contributed by atoms with E-state index in [0.717, 1.165) is 38.7 Å². The summed E-state index contributed by atoms with van der Waals surface area (Å²) in [5.41, 5.74) is 4.23. The molecule has 1 amide bonds. The smallest absolute Gasteiger partial charge is 0.290 e. The van der Waals surface area contributed by atoms with Crippen LogP contribution in [0.4, 0.5) is 0 Å². The number of rotatable bonds is 5. The van der Waals surface area contributed by atoms with Crippen LogP contribution < -0.4 is 0 Å². The van der Waals surface area contributed by atoms with Gasteiger partial charge in [0.25, 0.3) is 5.91 Å². The first-order valence-electron chi connectivity index (χ1n) is 9.90. The molecule has 0 bridgehead atoms. The molecule has 0 fully saturated rings. The van der Waals surface area contributed by atoms with E-state index in [1.54, 1.807) is 23.1 Å². The third-order valence-corrected chi connectivity index (χ3v) is 7.63. The monoisotopic (exact) mass is 435 g/mol. The van der Waals surface area contributed by atoms with E-state index in [9.17, 15) is 4.79 Å². The second-order valence-electron chi connectivity index (χ2n) is 7.45. The summed E-state index contributed by atoms with van der Waals surface area (Å²) in [7, 11) is 1.88. The number of fused-ring (bicyclic) bond motifs is 2. The Labute approximate surface area is 183 Å². The first-order valence-corrected chi connectivity index (χ1v) is 11.7. The van der Waals surface area contributed by atoms with Crippen molar-refractivity contribution in [1.82, 2.24) is 15.1 Å². The normalized spacial score (nSPS) is 15.5. The Hall–Kier alpha value is -2.64. The lowest BCUT2D eigenvalue weighted by molar-refractivity contribution is 0.0699. The average molecular weight is 436 g/mol. The van der Waals surface area contributed by atoms with Gasteiger partial charge in [0.1, 0.15) is 10.6 Å². The van der Waals surface area contributed by atoms with E-state index in [2.05, 4.69) is 28.4 Å². The Morgan fingerprint density at radius 1 is 1.20 bits per heavy atom. The molecule has 1 atom stereocenters. The molecule has 152 valence electrons. The molecule has 0 saturated carbocycles. The standard InChI is InChI=1S/C23H21N3O2S2/c1-14-24-25-23(30-14)29-13-18-17-9-5-6-10-20(17)28-21(18)22(27)26(2)19-12-11-15-7-3-4-8-16(15)19/h3-10,19H,11-13H2,1-2H3. The molecular weight excluding hydrogens is 414 g/mol. The SMILES string of the molecule is Cc1nnc(SCc2c(C(=O)N(C)C3CCc4ccccc43)oc3ccccc23)s1. The molecule has 0 aliphatic heterocycles. The fraction of sp³-hybridized carbons (Fsp3) is 0.261. The van der Waals surface area contributed by atoms with Crippen molar-refractivity contribution in [3.63, 3.8) is 0 Å². The highest BCUT2D eigenvalue weighted by molar-refractivity contribution is 8.00. The van der Waals surface area contributed by atoms with Gasteiger partial charge >= 0.3 is 0 Å². The Morgan fingerprint density at radius 3 is 2.83 bits per heavy atom. The van der Waals surface area contributed by atoms with Crippen LogP contribution in [-0.2, 0) is 12.2 Å². The van der Waals surface area contributed by atoms with Crippen LogP contribution in [0.5, 0.6) is 0 Å². The molecule has 5 rings (SSSR count). The van der Waals surface area contributed by atoms with Gasteiger partial charge in [-0.3, -0.25) is 4.79 Å². The van der Waals surface area contributed by atoms with Crippen LogP contribution in [0.3, 0.4) is 0 Å². The first kappa shape index (κ1) is 19.3. The predicted molar refractivity (Wildman–Crippen MR) is 120 cm³/mol. The average Bonchev–Trinajstić information content (AvgIpc) is 3.47. The molecule has 2 heterocycles. The summed E-state index contributed by atoms with van der Waals surface area (Å²) >= 11 is 3.16. The van der Waals surface area contributed by atoms with Gasteiger partial charge in [-0.05, 0) is 37.0 Å². The van der Waals surface area contributed by atoms with Crippen molar-refractivity contribution in [2.45, 2.75) is 35.9 Å². The zero-order chi connectivity index (χ0) is 20.7. The minimum Gasteiger partial charge on any atom is -0.451 e. The number of thioether (sulfide) groups is 1. The van der Waals surface area contributed by atoms with E-state index in [0.29, 0.717) is 11.5 Å². The van der Waals surface area contributed by atoms with Crippen LogP contribution in [0.15, 0.2) is 57.3 Å². The summed E-state index contributed by atoms with van der Waals surface area (Å²) in [5, 5.41) is 10.2. The summed E-state index contributed by atoms with van der Waals surface area (Å²) in [5.74, 6) is 0.968. The van der Waals surface area contributed by atoms with Gasteiger partial charge in [-0.25, -0.2) is 0 Å². The molecule has 0 saturated heterocycles. The Balaban J connectivity index is 1.48. The summed E-state index contributed by atoms with van der Waals surface area (Å²) in [4.78, 5) is 15.4. The molecule has 0 radical (unpaired) electrons. The van der Waals surface area contributed by atoms with E-state index in [4.69, 9.17) is 4.42 Å². The maximum Gasteiger partial charge on any atom is 0.290 e. The Kier molecular flexibility index (Phi) is 5.08. The number of amides is 1. The van der Waals surface area contributed by atoms with Crippen LogP contribution in [0.2, 0.25) is 0 Å². The van der Waals surface area contributed by atoms with Gasteiger partial charge in [0, 0.05) is 23.8 Å². The quantitative estimate of drug-likeness (QED) is 0.380. The van der Waals surface area contributed by atoms with Gasteiger partial charge in [-0.1, -0.05) is 65.6 Å². The lowest BCUT2D eigenvalue weighted by Gasteiger charge is -2.25. The van der Waals surface area contributed by atoms with Crippen LogP contribution in [0.25, 0.3) is 11.0 Å². The van der Waals surface area contributed by atoms with Crippen molar-refractivity contribution in [3.05, 3.63) is 76.0 Å². The molecule has 1 unspecified atom stereocenters. The highest BCUT2D eigenvalue weighted by Crippen LogP contribution is 2.38. The maximum atomic E-state index is 13.5. The number of carbonyl (C=O) groups excluding carboxylic acids is 1. The summed E-state index contributed by atoms with van der Waals surface area (Å²) in [6.45, 7) is 1.94. The van der Waals surface area contributed by atoms with E-state index in [1.165, 1.54) is 11.1 Å². The zero-order valence-electron chi connectivity index (χ0n) is 16.8. The molecule has 7 heteroatoms. The van der Waals surface area contributed by atoms with Crippen molar-refractivity contribution in [2.24, 2.45) is 0 Å². The van der Waals surface area contributed by atoms with E-state index in [-0.39, 0.29) is 11.9 Å². The van der Waals surface area contributed by atoms with Crippen molar-refractivity contribution in [3.8, 4) is 0 Å². The third-order valence-electron chi connectivity index (χ3n) is 5.63. The van der Waals surface area contributed by atoms with E-state index in [1.807, 2.05) is 49.2 Å². The number of aryl methyl sites for hydroxylation is 2. The predicted octanol–water partition coefficient (Wildman–Crippen LogP) is 5.64. The van der Waals surface area contributed by atoms with Gasteiger partial charge in [0.2, 0.25) is 0 Å².